The Kier molecular flexibility index (Phi) is 7.13. The molecule has 2 aromatic carbocycles. The Balaban J connectivity index is 1.93. The Morgan fingerprint density at radius 3 is 2.52 bits per heavy atom. The molecule has 0 saturated heterocycles. The quantitative estimate of drug-likeness (QED) is 0.426. The number of nitrogens with one attached hydrogen (secondary N) is 2. The first-order valence-corrected chi connectivity index (χ1v) is 10.7. The summed E-state index contributed by atoms with van der Waals surface area (Å²) in [6.45, 7) is 11.1. The van der Waals surface area contributed by atoms with Gasteiger partial charge in [0.2, 0.25) is 5.96 Å². The lowest BCUT2D eigenvalue weighted by atomic mass is 10.1. The Bertz CT molecular complexity index is 1130. The molecule has 0 radical (unpaired) electrons. The fourth-order valence-electron chi connectivity index (χ4n) is 3.41. The van der Waals surface area contributed by atoms with E-state index in [9.17, 15) is 4.79 Å². The maximum absolute atomic E-state index is 12.9. The molecule has 0 fully saturated rings. The maximum Gasteiger partial charge on any atom is 0.258 e. The average molecular weight is 438 g/mol. The van der Waals surface area contributed by atoms with Crippen LogP contribution in [0.4, 0.5) is 5.69 Å². The number of rotatable bonds is 5. The van der Waals surface area contributed by atoms with Gasteiger partial charge in [-0.15, -0.1) is 0 Å². The second kappa shape index (κ2) is 9.79. The molecule has 6 nitrogen and oxygen atoms in total. The molecule has 0 saturated carbocycles. The third-order valence-corrected chi connectivity index (χ3v) is 5.78. The zero-order valence-electron chi connectivity index (χ0n) is 18.6. The number of aromatic nitrogens is 2. The summed E-state index contributed by atoms with van der Waals surface area (Å²) in [5, 5.41) is 11.4. The molecule has 1 heterocycles. The number of aliphatic imine (C=N–C) groups is 1. The zero-order valence-corrected chi connectivity index (χ0v) is 19.3. The molecule has 31 heavy (non-hydrogen) atoms. The van der Waals surface area contributed by atoms with Crippen LogP contribution in [-0.4, -0.2) is 21.6 Å². The molecule has 0 bridgehead atoms. The number of carbonyl (C=O) groups is 1. The lowest BCUT2D eigenvalue weighted by molar-refractivity contribution is 0.0976. The minimum absolute atomic E-state index is 0.221. The minimum atomic E-state index is -0.221. The van der Waals surface area contributed by atoms with Gasteiger partial charge in [0.15, 0.2) is 0 Å². The summed E-state index contributed by atoms with van der Waals surface area (Å²) in [6, 6.07) is 13.1. The lowest BCUT2D eigenvalue weighted by Gasteiger charge is -2.15. The highest BCUT2D eigenvalue weighted by molar-refractivity contribution is 6.31. The monoisotopic (exact) mass is 437 g/mol. The maximum atomic E-state index is 12.9. The number of anilines is 1. The standard InChI is InChI=1S/C24H28ClN5O/c1-6-30-18(5)20(17(4)29-30)14-26-24(27-22-13-9-12-21(25)16(22)3)28-23(31)19-11-8-7-10-15(19)2/h7-13H,6,14H2,1-5H3,(H2,26,27,28,31). The van der Waals surface area contributed by atoms with Gasteiger partial charge >= 0.3 is 0 Å². The molecule has 1 amide bonds. The first-order chi connectivity index (χ1) is 14.8. The van der Waals surface area contributed by atoms with Crippen LogP contribution >= 0.6 is 11.6 Å². The van der Waals surface area contributed by atoms with Gasteiger partial charge in [0, 0.05) is 34.1 Å². The number of aryl methyl sites for hydroxylation is 3. The van der Waals surface area contributed by atoms with E-state index in [1.165, 1.54) is 0 Å². The minimum Gasteiger partial charge on any atom is -0.326 e. The number of nitrogens with zero attached hydrogens (tertiary/aromatic N) is 3. The predicted octanol–water partition coefficient (Wildman–Crippen LogP) is 5.19. The van der Waals surface area contributed by atoms with Crippen LogP contribution < -0.4 is 10.6 Å². The second-order valence-electron chi connectivity index (χ2n) is 7.44. The van der Waals surface area contributed by atoms with Gasteiger partial charge in [-0.25, -0.2) is 4.99 Å². The molecule has 0 aliphatic rings. The van der Waals surface area contributed by atoms with Crippen LogP contribution in [0.5, 0.6) is 0 Å². The highest BCUT2D eigenvalue weighted by Gasteiger charge is 2.15. The summed E-state index contributed by atoms with van der Waals surface area (Å²) >= 11 is 6.27. The van der Waals surface area contributed by atoms with Crippen LogP contribution in [0.1, 0.15) is 45.4 Å². The van der Waals surface area contributed by atoms with Gasteiger partial charge in [0.25, 0.3) is 5.91 Å². The molecular formula is C24H28ClN5O. The van der Waals surface area contributed by atoms with Gasteiger partial charge in [-0.05, 0) is 63.9 Å². The van der Waals surface area contributed by atoms with E-state index in [0.717, 1.165) is 40.3 Å². The van der Waals surface area contributed by atoms with Gasteiger partial charge < -0.3 is 5.32 Å². The van der Waals surface area contributed by atoms with Crippen LogP contribution in [0.2, 0.25) is 5.02 Å². The lowest BCUT2D eigenvalue weighted by Crippen LogP contribution is -2.36. The van der Waals surface area contributed by atoms with E-state index in [1.54, 1.807) is 6.07 Å². The SMILES string of the molecule is CCn1nc(C)c(CN=C(NC(=O)c2ccccc2C)Nc2cccc(Cl)c2C)c1C. The summed E-state index contributed by atoms with van der Waals surface area (Å²) in [4.78, 5) is 17.6. The molecule has 0 spiro atoms. The van der Waals surface area contributed by atoms with E-state index >= 15 is 0 Å². The first-order valence-electron chi connectivity index (χ1n) is 10.3. The summed E-state index contributed by atoms with van der Waals surface area (Å²) < 4.78 is 1.96. The Morgan fingerprint density at radius 1 is 1.10 bits per heavy atom. The topological polar surface area (TPSA) is 71.3 Å². The number of carbonyl (C=O) groups excluding carboxylic acids is 1. The summed E-state index contributed by atoms with van der Waals surface area (Å²) in [7, 11) is 0. The molecule has 2 N–H and O–H groups in total. The Hall–Kier alpha value is -3.12. The van der Waals surface area contributed by atoms with E-state index in [1.807, 2.05) is 68.8 Å². The number of guanidine groups is 1. The van der Waals surface area contributed by atoms with Gasteiger partial charge in [-0.1, -0.05) is 35.9 Å². The van der Waals surface area contributed by atoms with Crippen molar-refractivity contribution in [1.82, 2.24) is 15.1 Å². The molecule has 7 heteroatoms. The average Bonchev–Trinajstić information content (AvgIpc) is 3.02. The highest BCUT2D eigenvalue weighted by Crippen LogP contribution is 2.23. The van der Waals surface area contributed by atoms with E-state index in [0.29, 0.717) is 23.1 Å². The van der Waals surface area contributed by atoms with Crippen LogP contribution in [0, 0.1) is 27.7 Å². The number of benzene rings is 2. The van der Waals surface area contributed by atoms with Crippen LogP contribution in [-0.2, 0) is 13.1 Å². The molecule has 3 rings (SSSR count). The van der Waals surface area contributed by atoms with E-state index in [4.69, 9.17) is 16.6 Å². The van der Waals surface area contributed by atoms with Crippen molar-refractivity contribution in [3.05, 3.63) is 81.1 Å². The molecule has 0 aliphatic carbocycles. The highest BCUT2D eigenvalue weighted by atomic mass is 35.5. The largest absolute Gasteiger partial charge is 0.326 e. The number of halogens is 1. The van der Waals surface area contributed by atoms with Crippen molar-refractivity contribution in [3.63, 3.8) is 0 Å². The van der Waals surface area contributed by atoms with Crippen molar-refractivity contribution < 1.29 is 4.79 Å². The summed E-state index contributed by atoms with van der Waals surface area (Å²) in [5.41, 5.74) is 6.23. The third-order valence-electron chi connectivity index (χ3n) is 5.37. The normalized spacial score (nSPS) is 11.5. The van der Waals surface area contributed by atoms with Crippen LogP contribution in [0.3, 0.4) is 0 Å². The molecular weight excluding hydrogens is 410 g/mol. The van der Waals surface area contributed by atoms with Crippen molar-refractivity contribution >= 4 is 29.2 Å². The molecule has 162 valence electrons. The second-order valence-corrected chi connectivity index (χ2v) is 7.84. The molecule has 0 atom stereocenters. The Labute approximate surface area is 188 Å². The number of amides is 1. The van der Waals surface area contributed by atoms with Gasteiger partial charge in [-0.2, -0.15) is 5.10 Å². The predicted molar refractivity (Wildman–Crippen MR) is 127 cm³/mol. The molecule has 0 aliphatic heterocycles. The van der Waals surface area contributed by atoms with Crippen molar-refractivity contribution in [2.75, 3.05) is 5.32 Å². The zero-order chi connectivity index (χ0) is 22.5. The van der Waals surface area contributed by atoms with E-state index in [-0.39, 0.29) is 5.91 Å². The molecule has 3 aromatic rings. The third kappa shape index (κ3) is 5.14. The van der Waals surface area contributed by atoms with Gasteiger partial charge in [0.05, 0.1) is 12.2 Å². The van der Waals surface area contributed by atoms with Gasteiger partial charge in [0.1, 0.15) is 0 Å². The van der Waals surface area contributed by atoms with Crippen LogP contribution in [0.25, 0.3) is 0 Å². The summed E-state index contributed by atoms with van der Waals surface area (Å²) in [6.07, 6.45) is 0. The number of hydrogen-bond acceptors (Lipinski definition) is 3. The number of hydrogen-bond donors (Lipinski definition) is 2. The fourth-order valence-corrected chi connectivity index (χ4v) is 3.59. The van der Waals surface area contributed by atoms with Crippen LogP contribution in [0.15, 0.2) is 47.5 Å². The molecule has 0 unspecified atom stereocenters. The van der Waals surface area contributed by atoms with E-state index < -0.39 is 0 Å². The Morgan fingerprint density at radius 2 is 1.84 bits per heavy atom. The van der Waals surface area contributed by atoms with E-state index in [2.05, 4.69) is 22.7 Å². The smallest absolute Gasteiger partial charge is 0.258 e. The van der Waals surface area contributed by atoms with Gasteiger partial charge in [-0.3, -0.25) is 14.8 Å². The molecule has 1 aromatic heterocycles. The fraction of sp³-hybridized carbons (Fsp3) is 0.292. The van der Waals surface area contributed by atoms with Crippen molar-refractivity contribution in [3.8, 4) is 0 Å². The van der Waals surface area contributed by atoms with Crippen molar-refractivity contribution in [2.45, 2.75) is 47.7 Å². The summed E-state index contributed by atoms with van der Waals surface area (Å²) in [5.74, 6) is 0.142. The first kappa shape index (κ1) is 22.6. The van der Waals surface area contributed by atoms with Crippen molar-refractivity contribution in [1.29, 1.82) is 0 Å². The van der Waals surface area contributed by atoms with Crippen molar-refractivity contribution in [2.24, 2.45) is 4.99 Å².